The van der Waals surface area contributed by atoms with Gasteiger partial charge in [0.1, 0.15) is 5.82 Å². The zero-order valence-electron chi connectivity index (χ0n) is 9.22. The van der Waals surface area contributed by atoms with Gasteiger partial charge < -0.3 is 10.3 Å². The van der Waals surface area contributed by atoms with Gasteiger partial charge in [0.2, 0.25) is 0 Å². The number of imidazole rings is 1. The van der Waals surface area contributed by atoms with Crippen LogP contribution in [0.15, 0.2) is 12.4 Å². The molecular weight excluding hydrogens is 206 g/mol. The van der Waals surface area contributed by atoms with Gasteiger partial charge in [-0.25, -0.2) is 4.98 Å². The number of rotatable bonds is 3. The van der Waals surface area contributed by atoms with E-state index in [4.69, 9.17) is 5.73 Å². The summed E-state index contributed by atoms with van der Waals surface area (Å²) in [5, 5.41) is 0.635. The summed E-state index contributed by atoms with van der Waals surface area (Å²) in [4.78, 5) is 4.32. The third kappa shape index (κ3) is 2.75. The summed E-state index contributed by atoms with van der Waals surface area (Å²) in [6, 6.07) is 0.261. The highest BCUT2D eigenvalue weighted by Gasteiger charge is 2.22. The van der Waals surface area contributed by atoms with E-state index in [0.717, 1.165) is 12.2 Å². The molecule has 15 heavy (non-hydrogen) atoms. The van der Waals surface area contributed by atoms with E-state index >= 15 is 0 Å². The molecule has 0 amide bonds. The van der Waals surface area contributed by atoms with Crippen molar-refractivity contribution in [1.29, 1.82) is 0 Å². The maximum absolute atomic E-state index is 6.23. The second-order valence-corrected chi connectivity index (χ2v) is 5.57. The minimum absolute atomic E-state index is 0.261. The number of hydrogen-bond acceptors (Lipinski definition) is 3. The monoisotopic (exact) mass is 225 g/mol. The van der Waals surface area contributed by atoms with Crippen LogP contribution in [0.2, 0.25) is 0 Å². The SMILES string of the molecule is Cn1ccnc1CC(N)C1CCCCS1. The average Bonchev–Trinajstić information content (AvgIpc) is 2.66. The van der Waals surface area contributed by atoms with Gasteiger partial charge in [-0.05, 0) is 18.6 Å². The van der Waals surface area contributed by atoms with E-state index in [2.05, 4.69) is 9.55 Å². The summed E-state index contributed by atoms with van der Waals surface area (Å²) in [6.45, 7) is 0. The largest absolute Gasteiger partial charge is 0.338 e. The molecule has 1 saturated heterocycles. The highest BCUT2D eigenvalue weighted by atomic mass is 32.2. The first-order chi connectivity index (χ1) is 7.27. The van der Waals surface area contributed by atoms with Crippen molar-refractivity contribution in [3.8, 4) is 0 Å². The Hall–Kier alpha value is -0.480. The summed E-state index contributed by atoms with van der Waals surface area (Å²) >= 11 is 2.04. The summed E-state index contributed by atoms with van der Waals surface area (Å²) < 4.78 is 2.06. The van der Waals surface area contributed by atoms with Crippen LogP contribution in [0.3, 0.4) is 0 Å². The molecule has 0 saturated carbocycles. The van der Waals surface area contributed by atoms with Gasteiger partial charge in [-0.15, -0.1) is 0 Å². The fraction of sp³-hybridized carbons (Fsp3) is 0.727. The lowest BCUT2D eigenvalue weighted by atomic mass is 10.0. The predicted octanol–water partition coefficient (Wildman–Crippen LogP) is 1.58. The zero-order chi connectivity index (χ0) is 10.7. The normalized spacial score (nSPS) is 24.0. The Balaban J connectivity index is 1.91. The van der Waals surface area contributed by atoms with Gasteiger partial charge in [0, 0.05) is 37.2 Å². The van der Waals surface area contributed by atoms with Crippen LogP contribution in [0, 0.1) is 0 Å². The van der Waals surface area contributed by atoms with Crippen molar-refractivity contribution in [2.24, 2.45) is 12.8 Å². The van der Waals surface area contributed by atoms with Crippen LogP contribution in [0.1, 0.15) is 25.1 Å². The molecule has 0 radical (unpaired) electrons. The number of nitrogens with two attached hydrogens (primary N) is 1. The number of nitrogens with zero attached hydrogens (tertiary/aromatic N) is 2. The molecule has 1 aliphatic rings. The maximum atomic E-state index is 6.23. The van der Waals surface area contributed by atoms with Crippen LogP contribution in [-0.4, -0.2) is 26.6 Å². The lowest BCUT2D eigenvalue weighted by Gasteiger charge is -2.26. The van der Waals surface area contributed by atoms with Crippen LogP contribution in [0.25, 0.3) is 0 Å². The van der Waals surface area contributed by atoms with E-state index in [1.54, 1.807) is 0 Å². The maximum Gasteiger partial charge on any atom is 0.109 e. The third-order valence-corrected chi connectivity index (χ3v) is 4.57. The second kappa shape index (κ2) is 5.03. The van der Waals surface area contributed by atoms with Crippen LogP contribution < -0.4 is 5.73 Å². The Labute approximate surface area is 95.4 Å². The molecule has 0 aromatic carbocycles. The summed E-state index contributed by atoms with van der Waals surface area (Å²) in [5.41, 5.74) is 6.23. The zero-order valence-corrected chi connectivity index (χ0v) is 10.0. The predicted molar refractivity (Wildman–Crippen MR) is 65.0 cm³/mol. The molecule has 2 atom stereocenters. The highest BCUT2D eigenvalue weighted by Crippen LogP contribution is 2.27. The molecule has 3 nitrogen and oxygen atoms in total. The molecule has 4 heteroatoms. The molecule has 1 aliphatic heterocycles. The van der Waals surface area contributed by atoms with Gasteiger partial charge >= 0.3 is 0 Å². The van der Waals surface area contributed by atoms with Crippen LogP contribution in [0.5, 0.6) is 0 Å². The molecule has 0 spiro atoms. The smallest absolute Gasteiger partial charge is 0.109 e. The van der Waals surface area contributed by atoms with Crippen molar-refractivity contribution in [3.05, 3.63) is 18.2 Å². The molecular formula is C11H19N3S. The Kier molecular flexibility index (Phi) is 3.70. The molecule has 1 aromatic heterocycles. The van der Waals surface area contributed by atoms with Gasteiger partial charge in [0.25, 0.3) is 0 Å². The lowest BCUT2D eigenvalue weighted by Crippen LogP contribution is -2.36. The summed E-state index contributed by atoms with van der Waals surface area (Å²) in [6.07, 6.45) is 8.70. The Morgan fingerprint density at radius 1 is 1.67 bits per heavy atom. The first-order valence-corrected chi connectivity index (χ1v) is 6.65. The molecule has 0 bridgehead atoms. The van der Waals surface area contributed by atoms with Crippen molar-refractivity contribution >= 4 is 11.8 Å². The minimum atomic E-state index is 0.261. The van der Waals surface area contributed by atoms with Gasteiger partial charge in [-0.3, -0.25) is 0 Å². The van der Waals surface area contributed by atoms with E-state index in [9.17, 15) is 0 Å². The lowest BCUT2D eigenvalue weighted by molar-refractivity contribution is 0.543. The van der Waals surface area contributed by atoms with Crippen LogP contribution >= 0.6 is 11.8 Å². The van der Waals surface area contributed by atoms with Gasteiger partial charge in [0.15, 0.2) is 0 Å². The number of hydrogen-bond donors (Lipinski definition) is 1. The van der Waals surface area contributed by atoms with E-state index in [-0.39, 0.29) is 6.04 Å². The number of aryl methyl sites for hydroxylation is 1. The van der Waals surface area contributed by atoms with Gasteiger partial charge in [-0.2, -0.15) is 11.8 Å². The third-order valence-electron chi connectivity index (χ3n) is 3.03. The summed E-state index contributed by atoms with van der Waals surface area (Å²) in [5.74, 6) is 2.38. The van der Waals surface area contributed by atoms with Crippen molar-refractivity contribution in [2.45, 2.75) is 37.0 Å². The molecule has 1 fully saturated rings. The highest BCUT2D eigenvalue weighted by molar-refractivity contribution is 8.00. The Bertz CT molecular complexity index is 305. The molecule has 2 unspecified atom stereocenters. The topological polar surface area (TPSA) is 43.8 Å². The molecule has 2 N–H and O–H groups in total. The van der Waals surface area contributed by atoms with Crippen LogP contribution in [0.4, 0.5) is 0 Å². The van der Waals surface area contributed by atoms with Gasteiger partial charge in [0.05, 0.1) is 0 Å². The van der Waals surface area contributed by atoms with Crippen molar-refractivity contribution < 1.29 is 0 Å². The number of aromatic nitrogens is 2. The van der Waals surface area contributed by atoms with E-state index in [1.807, 2.05) is 31.2 Å². The quantitative estimate of drug-likeness (QED) is 0.849. The standard InChI is InChI=1S/C11H19N3S/c1-14-6-5-13-11(14)8-9(12)10-4-2-3-7-15-10/h5-6,9-10H,2-4,7-8,12H2,1H3. The minimum Gasteiger partial charge on any atom is -0.338 e. The summed E-state index contributed by atoms with van der Waals surface area (Å²) in [7, 11) is 2.03. The molecule has 1 aromatic rings. The number of thioether (sulfide) groups is 1. The van der Waals surface area contributed by atoms with E-state index < -0.39 is 0 Å². The molecule has 0 aliphatic carbocycles. The van der Waals surface area contributed by atoms with Crippen molar-refractivity contribution in [2.75, 3.05) is 5.75 Å². The van der Waals surface area contributed by atoms with E-state index in [0.29, 0.717) is 5.25 Å². The van der Waals surface area contributed by atoms with E-state index in [1.165, 1.54) is 25.0 Å². The van der Waals surface area contributed by atoms with Crippen LogP contribution in [-0.2, 0) is 13.5 Å². The molecule has 2 heterocycles. The second-order valence-electron chi connectivity index (χ2n) is 4.23. The Morgan fingerprint density at radius 3 is 3.13 bits per heavy atom. The van der Waals surface area contributed by atoms with Crippen molar-refractivity contribution in [3.63, 3.8) is 0 Å². The fourth-order valence-corrected chi connectivity index (χ4v) is 3.39. The van der Waals surface area contributed by atoms with Crippen molar-refractivity contribution in [1.82, 2.24) is 9.55 Å². The first-order valence-electron chi connectivity index (χ1n) is 5.61. The first kappa shape index (κ1) is 11.0. The fourth-order valence-electron chi connectivity index (χ4n) is 2.04. The molecule has 2 rings (SSSR count). The Morgan fingerprint density at radius 2 is 2.53 bits per heavy atom. The average molecular weight is 225 g/mol. The molecule has 84 valence electrons. The van der Waals surface area contributed by atoms with Gasteiger partial charge in [-0.1, -0.05) is 6.42 Å².